The maximum absolute atomic E-state index is 13.1. The second-order valence-corrected chi connectivity index (χ2v) is 9.14. The van der Waals surface area contributed by atoms with E-state index < -0.39 is 10.0 Å². The highest BCUT2D eigenvalue weighted by atomic mass is 32.2. The van der Waals surface area contributed by atoms with Crippen LogP contribution in [0.5, 0.6) is 0 Å². The van der Waals surface area contributed by atoms with Crippen LogP contribution in [0.15, 0.2) is 77.7 Å². The Kier molecular flexibility index (Phi) is 5.46. The lowest BCUT2D eigenvalue weighted by molar-refractivity contribution is 0.262. The normalized spacial score (nSPS) is 13.4. The summed E-state index contributed by atoms with van der Waals surface area (Å²) in [6, 6.07) is 21.0. The van der Waals surface area contributed by atoms with E-state index in [9.17, 15) is 13.2 Å². The number of fused-ring (bicyclic) bond motifs is 1. The van der Waals surface area contributed by atoms with Crippen molar-refractivity contribution in [2.24, 2.45) is 0 Å². The monoisotopic (exact) mass is 421 g/mol. The molecule has 0 fully saturated rings. The number of amides is 2. The van der Waals surface area contributed by atoms with Gasteiger partial charge in [-0.2, -0.15) is 0 Å². The van der Waals surface area contributed by atoms with E-state index in [0.29, 0.717) is 23.6 Å². The molecular weight excluding hydrogens is 398 g/mol. The zero-order valence-electron chi connectivity index (χ0n) is 16.6. The Balaban J connectivity index is 1.53. The number of hydrogen-bond acceptors (Lipinski definition) is 3. The van der Waals surface area contributed by atoms with Crippen LogP contribution in [-0.4, -0.2) is 21.0 Å². The summed E-state index contributed by atoms with van der Waals surface area (Å²) in [4.78, 5) is 12.6. The van der Waals surface area contributed by atoms with E-state index in [1.165, 1.54) is 4.31 Å². The Morgan fingerprint density at radius 3 is 2.30 bits per heavy atom. The van der Waals surface area contributed by atoms with Gasteiger partial charge >= 0.3 is 6.03 Å². The van der Waals surface area contributed by atoms with E-state index in [2.05, 4.69) is 10.6 Å². The molecule has 3 aromatic rings. The number of nitrogens with one attached hydrogen (secondary N) is 2. The number of sulfonamides is 1. The predicted octanol–water partition coefficient (Wildman–Crippen LogP) is 4.78. The molecule has 0 radical (unpaired) electrons. The van der Waals surface area contributed by atoms with Crippen LogP contribution < -0.4 is 14.9 Å². The summed E-state index contributed by atoms with van der Waals surface area (Å²) >= 11 is 0. The maximum atomic E-state index is 13.1. The molecule has 2 N–H and O–H groups in total. The lowest BCUT2D eigenvalue weighted by Gasteiger charge is -2.30. The van der Waals surface area contributed by atoms with Crippen molar-refractivity contribution in [1.29, 1.82) is 0 Å². The highest BCUT2D eigenvalue weighted by molar-refractivity contribution is 7.92. The fourth-order valence-corrected chi connectivity index (χ4v) is 5.10. The average Bonchev–Trinajstić information content (AvgIpc) is 2.75. The first-order chi connectivity index (χ1) is 14.4. The summed E-state index contributed by atoms with van der Waals surface area (Å²) in [5.74, 6) is 0. The van der Waals surface area contributed by atoms with Gasteiger partial charge in [0.15, 0.2) is 0 Å². The van der Waals surface area contributed by atoms with E-state index in [1.807, 2.05) is 37.3 Å². The third-order valence-corrected chi connectivity index (χ3v) is 6.88. The first kappa shape index (κ1) is 20.0. The second-order valence-electron chi connectivity index (χ2n) is 7.28. The number of hydrogen-bond donors (Lipinski definition) is 2. The lowest BCUT2D eigenvalue weighted by Crippen LogP contribution is -2.35. The fourth-order valence-electron chi connectivity index (χ4n) is 3.54. The van der Waals surface area contributed by atoms with Crippen LogP contribution in [0.4, 0.5) is 21.9 Å². The molecule has 1 aliphatic heterocycles. The zero-order valence-corrected chi connectivity index (χ0v) is 17.4. The minimum atomic E-state index is -3.62. The van der Waals surface area contributed by atoms with E-state index >= 15 is 0 Å². The maximum Gasteiger partial charge on any atom is 0.323 e. The Morgan fingerprint density at radius 1 is 0.900 bits per heavy atom. The summed E-state index contributed by atoms with van der Waals surface area (Å²) in [6.45, 7) is 2.42. The van der Waals surface area contributed by atoms with Crippen LogP contribution in [0.1, 0.15) is 17.5 Å². The molecular formula is C23H23N3O3S. The van der Waals surface area contributed by atoms with Gasteiger partial charge in [0.2, 0.25) is 0 Å². The zero-order chi connectivity index (χ0) is 21.1. The van der Waals surface area contributed by atoms with Crippen molar-refractivity contribution in [1.82, 2.24) is 0 Å². The van der Waals surface area contributed by atoms with Gasteiger partial charge in [0.25, 0.3) is 10.0 Å². The molecule has 7 heteroatoms. The fraction of sp³-hybridized carbons (Fsp3) is 0.174. The van der Waals surface area contributed by atoms with Gasteiger partial charge in [-0.05, 0) is 67.8 Å². The minimum Gasteiger partial charge on any atom is -0.308 e. The van der Waals surface area contributed by atoms with Gasteiger partial charge < -0.3 is 10.6 Å². The second kappa shape index (κ2) is 8.20. The molecule has 3 aromatic carbocycles. The van der Waals surface area contributed by atoms with Gasteiger partial charge in [-0.1, -0.05) is 35.9 Å². The summed E-state index contributed by atoms with van der Waals surface area (Å²) in [5, 5.41) is 5.62. The highest BCUT2D eigenvalue weighted by Crippen LogP contribution is 2.33. The number of anilines is 3. The van der Waals surface area contributed by atoms with Gasteiger partial charge in [-0.15, -0.1) is 0 Å². The molecule has 6 nitrogen and oxygen atoms in total. The van der Waals surface area contributed by atoms with Crippen molar-refractivity contribution in [2.75, 3.05) is 21.5 Å². The van der Waals surface area contributed by atoms with E-state index in [4.69, 9.17) is 0 Å². The van der Waals surface area contributed by atoms with E-state index in [-0.39, 0.29) is 10.9 Å². The largest absolute Gasteiger partial charge is 0.323 e. The van der Waals surface area contributed by atoms with Crippen LogP contribution in [0.3, 0.4) is 0 Å². The SMILES string of the molecule is Cc1ccc(NC(=O)Nc2ccc3c(c2)CCCN3S(=O)(=O)c2ccccc2)cc1. The molecule has 2 amide bonds. The van der Waals surface area contributed by atoms with Crippen molar-refractivity contribution >= 4 is 33.1 Å². The molecule has 4 rings (SSSR count). The van der Waals surface area contributed by atoms with Gasteiger partial charge in [0, 0.05) is 17.9 Å². The number of aryl methyl sites for hydroxylation is 2. The smallest absolute Gasteiger partial charge is 0.308 e. The van der Waals surface area contributed by atoms with Crippen molar-refractivity contribution < 1.29 is 13.2 Å². The Bertz CT molecular complexity index is 1160. The molecule has 30 heavy (non-hydrogen) atoms. The first-order valence-corrected chi connectivity index (χ1v) is 11.2. The number of nitrogens with zero attached hydrogens (tertiary/aromatic N) is 1. The van der Waals surface area contributed by atoms with Gasteiger partial charge in [0.05, 0.1) is 10.6 Å². The van der Waals surface area contributed by atoms with E-state index in [0.717, 1.165) is 24.0 Å². The molecule has 0 spiro atoms. The number of carbonyl (C=O) groups is 1. The van der Waals surface area contributed by atoms with Gasteiger partial charge in [0.1, 0.15) is 0 Å². The van der Waals surface area contributed by atoms with Gasteiger partial charge in [-0.25, -0.2) is 13.2 Å². The van der Waals surface area contributed by atoms with Crippen molar-refractivity contribution in [3.05, 3.63) is 83.9 Å². The molecule has 0 aliphatic carbocycles. The quantitative estimate of drug-likeness (QED) is 0.636. The molecule has 0 bridgehead atoms. The number of urea groups is 1. The Morgan fingerprint density at radius 2 is 1.57 bits per heavy atom. The summed E-state index contributed by atoms with van der Waals surface area (Å²) < 4.78 is 27.6. The van der Waals surface area contributed by atoms with Crippen LogP contribution in [0.2, 0.25) is 0 Å². The average molecular weight is 422 g/mol. The molecule has 0 aromatic heterocycles. The number of carbonyl (C=O) groups excluding carboxylic acids is 1. The standard InChI is InChI=1S/C23H23N3O3S/c1-17-9-11-19(12-10-17)24-23(27)25-20-13-14-22-18(16-20)6-5-15-26(22)30(28,29)21-7-3-2-4-8-21/h2-4,7-14,16H,5-6,15H2,1H3,(H2,24,25,27). The summed E-state index contributed by atoms with van der Waals surface area (Å²) in [7, 11) is -3.62. The van der Waals surface area contributed by atoms with Crippen LogP contribution >= 0.6 is 0 Å². The van der Waals surface area contributed by atoms with Crippen LogP contribution in [0.25, 0.3) is 0 Å². The number of rotatable bonds is 4. The van der Waals surface area contributed by atoms with E-state index in [1.54, 1.807) is 42.5 Å². The van der Waals surface area contributed by atoms with Crippen LogP contribution in [-0.2, 0) is 16.4 Å². The topological polar surface area (TPSA) is 78.5 Å². The Labute approximate surface area is 176 Å². The lowest BCUT2D eigenvalue weighted by atomic mass is 10.0. The molecule has 0 atom stereocenters. The van der Waals surface area contributed by atoms with Crippen molar-refractivity contribution in [3.63, 3.8) is 0 Å². The molecule has 0 saturated carbocycles. The summed E-state index contributed by atoms with van der Waals surface area (Å²) in [5.41, 5.74) is 4.00. The molecule has 1 aliphatic rings. The predicted molar refractivity (Wildman–Crippen MR) is 120 cm³/mol. The summed E-state index contributed by atoms with van der Waals surface area (Å²) in [6.07, 6.45) is 1.48. The molecule has 0 unspecified atom stereocenters. The number of benzene rings is 3. The molecule has 0 saturated heterocycles. The van der Waals surface area contributed by atoms with Crippen molar-refractivity contribution in [2.45, 2.75) is 24.7 Å². The highest BCUT2D eigenvalue weighted by Gasteiger charge is 2.29. The minimum absolute atomic E-state index is 0.275. The first-order valence-electron chi connectivity index (χ1n) is 9.79. The third-order valence-electron chi connectivity index (χ3n) is 5.05. The Hall–Kier alpha value is -3.32. The third kappa shape index (κ3) is 4.16. The van der Waals surface area contributed by atoms with Crippen LogP contribution in [0, 0.1) is 6.92 Å². The van der Waals surface area contributed by atoms with Crippen molar-refractivity contribution in [3.8, 4) is 0 Å². The van der Waals surface area contributed by atoms with Gasteiger partial charge in [-0.3, -0.25) is 4.31 Å². The molecule has 1 heterocycles. The molecule has 154 valence electrons.